The predicted molar refractivity (Wildman–Crippen MR) is 79.3 cm³/mol. The van der Waals surface area contributed by atoms with Crippen molar-refractivity contribution in [3.63, 3.8) is 0 Å². The van der Waals surface area contributed by atoms with Crippen LogP contribution in [0.2, 0.25) is 0 Å². The van der Waals surface area contributed by atoms with Crippen LogP contribution in [0.5, 0.6) is 0 Å². The van der Waals surface area contributed by atoms with Crippen molar-refractivity contribution in [2.24, 2.45) is 23.7 Å². The third-order valence-corrected chi connectivity index (χ3v) is 5.53. The minimum absolute atomic E-state index is 0.599. The maximum Gasteiger partial charge on any atom is 0.0200 e. The van der Waals surface area contributed by atoms with Crippen LogP contribution in [0.15, 0.2) is 0 Å². The third-order valence-electron chi connectivity index (χ3n) is 5.53. The SMILES string of the molecule is C#CC1CCC([C@H]2CC[C@H](CCCC)CC2)CC1. The van der Waals surface area contributed by atoms with Crippen molar-refractivity contribution in [3.05, 3.63) is 0 Å². The molecule has 0 atom stereocenters. The number of rotatable bonds is 4. The summed E-state index contributed by atoms with van der Waals surface area (Å²) in [6, 6.07) is 0. The molecular weight excluding hydrogens is 216 g/mol. The molecule has 0 unspecified atom stereocenters. The summed E-state index contributed by atoms with van der Waals surface area (Å²) >= 11 is 0. The Hall–Kier alpha value is -0.440. The van der Waals surface area contributed by atoms with Crippen LogP contribution in [-0.2, 0) is 0 Å². The number of hydrogen-bond donors (Lipinski definition) is 0. The second-order valence-electron chi connectivity index (χ2n) is 6.70. The first-order valence-electron chi connectivity index (χ1n) is 8.29. The first-order chi connectivity index (χ1) is 8.83. The second-order valence-corrected chi connectivity index (χ2v) is 6.70. The molecule has 0 aliphatic heterocycles. The van der Waals surface area contributed by atoms with Crippen molar-refractivity contribution in [2.75, 3.05) is 0 Å². The first kappa shape index (κ1) is 14.0. The van der Waals surface area contributed by atoms with Crippen LogP contribution < -0.4 is 0 Å². The molecule has 0 aromatic carbocycles. The zero-order valence-corrected chi connectivity index (χ0v) is 12.2. The van der Waals surface area contributed by atoms with Gasteiger partial charge in [-0.25, -0.2) is 0 Å². The van der Waals surface area contributed by atoms with Gasteiger partial charge in [0.2, 0.25) is 0 Å². The summed E-state index contributed by atoms with van der Waals surface area (Å²) in [6.45, 7) is 2.32. The fourth-order valence-corrected chi connectivity index (χ4v) is 4.20. The normalized spacial score (nSPS) is 37.1. The summed E-state index contributed by atoms with van der Waals surface area (Å²) in [5.74, 6) is 6.67. The largest absolute Gasteiger partial charge is 0.120 e. The van der Waals surface area contributed by atoms with Crippen LogP contribution in [0.3, 0.4) is 0 Å². The lowest BCUT2D eigenvalue weighted by Gasteiger charge is -2.37. The van der Waals surface area contributed by atoms with E-state index in [4.69, 9.17) is 6.42 Å². The van der Waals surface area contributed by atoms with Gasteiger partial charge >= 0.3 is 0 Å². The maximum absolute atomic E-state index is 5.54. The lowest BCUT2D eigenvalue weighted by Crippen LogP contribution is -2.25. The quantitative estimate of drug-likeness (QED) is 0.581. The monoisotopic (exact) mass is 246 g/mol. The summed E-state index contributed by atoms with van der Waals surface area (Å²) in [7, 11) is 0. The Morgan fingerprint density at radius 3 is 1.94 bits per heavy atom. The van der Waals surface area contributed by atoms with Gasteiger partial charge in [0.1, 0.15) is 0 Å². The molecule has 0 N–H and O–H groups in total. The van der Waals surface area contributed by atoms with Crippen molar-refractivity contribution in [3.8, 4) is 12.3 Å². The standard InChI is InChI=1S/C18H30/c1-3-5-6-16-9-13-18(14-10-16)17-11-7-15(4-2)8-12-17/h2,15-18H,3,5-14H2,1H3/t15?,16-,17?,18-. The molecule has 0 aromatic rings. The summed E-state index contributed by atoms with van der Waals surface area (Å²) in [4.78, 5) is 0. The molecule has 18 heavy (non-hydrogen) atoms. The first-order valence-corrected chi connectivity index (χ1v) is 8.29. The summed E-state index contributed by atoms with van der Waals surface area (Å²) < 4.78 is 0. The molecule has 2 aliphatic carbocycles. The Morgan fingerprint density at radius 1 is 0.889 bits per heavy atom. The smallest absolute Gasteiger partial charge is 0.0200 e. The topological polar surface area (TPSA) is 0 Å². The van der Waals surface area contributed by atoms with E-state index in [1.807, 2.05) is 0 Å². The molecule has 0 spiro atoms. The zero-order valence-electron chi connectivity index (χ0n) is 12.2. The molecule has 0 aromatic heterocycles. The van der Waals surface area contributed by atoms with Gasteiger partial charge in [0.15, 0.2) is 0 Å². The van der Waals surface area contributed by atoms with Crippen molar-refractivity contribution in [2.45, 2.75) is 77.6 Å². The van der Waals surface area contributed by atoms with Gasteiger partial charge in [-0.15, -0.1) is 12.3 Å². The highest BCUT2D eigenvalue weighted by molar-refractivity contribution is 4.96. The molecule has 0 amide bonds. The summed E-state index contributed by atoms with van der Waals surface area (Å²) in [5.41, 5.74) is 0. The van der Waals surface area contributed by atoms with Crippen LogP contribution in [0.4, 0.5) is 0 Å². The Kier molecular flexibility index (Phi) is 5.61. The Labute approximate surface area is 114 Å². The minimum Gasteiger partial charge on any atom is -0.120 e. The van der Waals surface area contributed by atoms with Crippen LogP contribution in [-0.4, -0.2) is 0 Å². The fraction of sp³-hybridized carbons (Fsp3) is 0.889. The average molecular weight is 246 g/mol. The molecule has 0 heterocycles. The molecule has 102 valence electrons. The Balaban J connectivity index is 1.69. The van der Waals surface area contributed by atoms with Crippen molar-refractivity contribution < 1.29 is 0 Å². The highest BCUT2D eigenvalue weighted by Gasteiger charge is 2.30. The van der Waals surface area contributed by atoms with E-state index in [9.17, 15) is 0 Å². The lowest BCUT2D eigenvalue weighted by atomic mass is 9.69. The second kappa shape index (κ2) is 7.22. The molecule has 2 saturated carbocycles. The Bertz CT molecular complexity index is 256. The fourth-order valence-electron chi connectivity index (χ4n) is 4.20. The van der Waals surface area contributed by atoms with Crippen LogP contribution in [0, 0.1) is 36.0 Å². The van der Waals surface area contributed by atoms with Gasteiger partial charge in [-0.3, -0.25) is 0 Å². The van der Waals surface area contributed by atoms with Gasteiger partial charge in [0.05, 0.1) is 0 Å². The molecule has 0 bridgehead atoms. The average Bonchev–Trinajstić information content (AvgIpc) is 2.46. The highest BCUT2D eigenvalue weighted by Crippen LogP contribution is 2.42. The van der Waals surface area contributed by atoms with E-state index in [1.165, 1.54) is 70.6 Å². The molecular formula is C18H30. The molecule has 2 fully saturated rings. The zero-order chi connectivity index (χ0) is 12.8. The van der Waals surface area contributed by atoms with Crippen LogP contribution in [0.25, 0.3) is 0 Å². The minimum atomic E-state index is 0.599. The van der Waals surface area contributed by atoms with E-state index in [0.29, 0.717) is 5.92 Å². The molecule has 2 aliphatic rings. The number of hydrogen-bond acceptors (Lipinski definition) is 0. The molecule has 2 rings (SSSR count). The van der Waals surface area contributed by atoms with E-state index < -0.39 is 0 Å². The van der Waals surface area contributed by atoms with E-state index in [0.717, 1.165) is 17.8 Å². The predicted octanol–water partition coefficient (Wildman–Crippen LogP) is 5.42. The molecule has 0 saturated heterocycles. The van der Waals surface area contributed by atoms with E-state index >= 15 is 0 Å². The Morgan fingerprint density at radius 2 is 1.44 bits per heavy atom. The summed E-state index contributed by atoms with van der Waals surface area (Å²) in [6.07, 6.45) is 21.3. The maximum atomic E-state index is 5.54. The number of unbranched alkanes of at least 4 members (excludes halogenated alkanes) is 1. The van der Waals surface area contributed by atoms with Gasteiger partial charge in [-0.05, 0) is 56.3 Å². The van der Waals surface area contributed by atoms with Crippen molar-refractivity contribution >= 4 is 0 Å². The number of terminal acetylenes is 1. The van der Waals surface area contributed by atoms with Gasteiger partial charge < -0.3 is 0 Å². The van der Waals surface area contributed by atoms with Gasteiger partial charge in [0.25, 0.3) is 0 Å². The van der Waals surface area contributed by atoms with Gasteiger partial charge in [-0.2, -0.15) is 0 Å². The van der Waals surface area contributed by atoms with Crippen molar-refractivity contribution in [1.29, 1.82) is 0 Å². The molecule has 0 heteroatoms. The molecule has 0 radical (unpaired) electrons. The summed E-state index contributed by atoms with van der Waals surface area (Å²) in [5, 5.41) is 0. The highest BCUT2D eigenvalue weighted by atomic mass is 14.3. The van der Waals surface area contributed by atoms with E-state index in [1.54, 1.807) is 0 Å². The lowest BCUT2D eigenvalue weighted by molar-refractivity contribution is 0.153. The third kappa shape index (κ3) is 3.78. The van der Waals surface area contributed by atoms with E-state index in [2.05, 4.69) is 12.8 Å². The van der Waals surface area contributed by atoms with Crippen LogP contribution >= 0.6 is 0 Å². The van der Waals surface area contributed by atoms with Gasteiger partial charge in [-0.1, -0.05) is 39.0 Å². The van der Waals surface area contributed by atoms with Crippen molar-refractivity contribution in [1.82, 2.24) is 0 Å². The van der Waals surface area contributed by atoms with Gasteiger partial charge in [0, 0.05) is 5.92 Å². The van der Waals surface area contributed by atoms with E-state index in [-0.39, 0.29) is 0 Å². The van der Waals surface area contributed by atoms with Crippen LogP contribution in [0.1, 0.15) is 77.6 Å². The molecule has 0 nitrogen and oxygen atoms in total.